The lowest BCUT2D eigenvalue weighted by Crippen LogP contribution is -2.37. The van der Waals surface area contributed by atoms with Crippen molar-refractivity contribution < 1.29 is 9.53 Å². The standard InChI is InChI=1S/C21H25NO2S/c1-16(21(23)22-14-15-25-18-10-3-2-4-11-18)24-20-13-7-9-17-8-5-6-12-19(17)20/h2-4,7,9-11,13,16H,5-6,8,12,14-15H2,1H3,(H,22,23)/t16-/m1/s1. The predicted octanol–water partition coefficient (Wildman–Crippen LogP) is 4.24. The van der Waals surface area contributed by atoms with Crippen LogP contribution in [0.4, 0.5) is 0 Å². The zero-order chi connectivity index (χ0) is 17.5. The number of ether oxygens (including phenoxy) is 1. The molecule has 0 radical (unpaired) electrons. The molecule has 3 rings (SSSR count). The van der Waals surface area contributed by atoms with Crippen molar-refractivity contribution in [2.75, 3.05) is 12.3 Å². The van der Waals surface area contributed by atoms with E-state index in [0.717, 1.165) is 24.3 Å². The first-order valence-electron chi connectivity index (χ1n) is 8.97. The van der Waals surface area contributed by atoms with E-state index in [1.807, 2.05) is 37.3 Å². The number of carbonyl (C=O) groups excluding carboxylic acids is 1. The van der Waals surface area contributed by atoms with Crippen LogP contribution in [0.1, 0.15) is 30.9 Å². The smallest absolute Gasteiger partial charge is 0.260 e. The number of carbonyl (C=O) groups is 1. The summed E-state index contributed by atoms with van der Waals surface area (Å²) >= 11 is 1.74. The molecule has 1 aliphatic rings. The highest BCUT2D eigenvalue weighted by atomic mass is 32.2. The van der Waals surface area contributed by atoms with Gasteiger partial charge in [-0.1, -0.05) is 30.3 Å². The first-order valence-corrected chi connectivity index (χ1v) is 9.95. The topological polar surface area (TPSA) is 38.3 Å². The van der Waals surface area contributed by atoms with Gasteiger partial charge < -0.3 is 10.1 Å². The van der Waals surface area contributed by atoms with Crippen molar-refractivity contribution in [3.8, 4) is 5.75 Å². The zero-order valence-electron chi connectivity index (χ0n) is 14.7. The van der Waals surface area contributed by atoms with Crippen molar-refractivity contribution in [1.29, 1.82) is 0 Å². The van der Waals surface area contributed by atoms with Crippen molar-refractivity contribution in [3.05, 3.63) is 59.7 Å². The van der Waals surface area contributed by atoms with Crippen LogP contribution in [-0.4, -0.2) is 24.3 Å². The molecule has 0 saturated heterocycles. The third-order valence-electron chi connectivity index (χ3n) is 4.44. The molecule has 1 amide bonds. The van der Waals surface area contributed by atoms with Crippen LogP contribution in [0, 0.1) is 0 Å². The van der Waals surface area contributed by atoms with Gasteiger partial charge in [0.2, 0.25) is 0 Å². The number of amides is 1. The van der Waals surface area contributed by atoms with Gasteiger partial charge in [0.25, 0.3) is 5.91 Å². The Kier molecular flexibility index (Phi) is 6.40. The fraction of sp³-hybridized carbons (Fsp3) is 0.381. The maximum atomic E-state index is 12.3. The minimum atomic E-state index is -0.477. The summed E-state index contributed by atoms with van der Waals surface area (Å²) < 4.78 is 5.97. The first-order chi connectivity index (χ1) is 12.2. The summed E-state index contributed by atoms with van der Waals surface area (Å²) in [5, 5.41) is 2.97. The van der Waals surface area contributed by atoms with E-state index in [1.165, 1.54) is 28.9 Å². The van der Waals surface area contributed by atoms with Crippen LogP contribution in [0.25, 0.3) is 0 Å². The Bertz CT molecular complexity index is 702. The van der Waals surface area contributed by atoms with Gasteiger partial charge in [0.05, 0.1) is 0 Å². The number of hydrogen-bond donors (Lipinski definition) is 1. The monoisotopic (exact) mass is 355 g/mol. The molecular weight excluding hydrogens is 330 g/mol. The number of fused-ring (bicyclic) bond motifs is 1. The molecule has 2 aromatic rings. The number of hydrogen-bond acceptors (Lipinski definition) is 3. The number of benzene rings is 2. The molecular formula is C21H25NO2S. The molecule has 0 aliphatic heterocycles. The van der Waals surface area contributed by atoms with Crippen LogP contribution in [0.15, 0.2) is 53.4 Å². The molecule has 1 N–H and O–H groups in total. The summed E-state index contributed by atoms with van der Waals surface area (Å²) in [6.07, 6.45) is 4.13. The van der Waals surface area contributed by atoms with Crippen LogP contribution in [0.5, 0.6) is 5.75 Å². The van der Waals surface area contributed by atoms with Crippen LogP contribution in [0.2, 0.25) is 0 Å². The minimum Gasteiger partial charge on any atom is -0.481 e. The average Bonchev–Trinajstić information content (AvgIpc) is 2.66. The van der Waals surface area contributed by atoms with Crippen LogP contribution in [-0.2, 0) is 17.6 Å². The van der Waals surface area contributed by atoms with Crippen molar-refractivity contribution in [2.45, 2.75) is 43.6 Å². The summed E-state index contributed by atoms with van der Waals surface area (Å²) in [5.74, 6) is 1.67. The SMILES string of the molecule is C[C@@H](Oc1cccc2c1CCCC2)C(=O)NCCSc1ccccc1. The lowest BCUT2D eigenvalue weighted by Gasteiger charge is -2.22. The van der Waals surface area contributed by atoms with Crippen LogP contribution in [0.3, 0.4) is 0 Å². The lowest BCUT2D eigenvalue weighted by molar-refractivity contribution is -0.127. The Morgan fingerprint density at radius 3 is 2.76 bits per heavy atom. The van der Waals surface area contributed by atoms with E-state index in [1.54, 1.807) is 11.8 Å². The Hall–Kier alpha value is -1.94. The maximum Gasteiger partial charge on any atom is 0.260 e. The van der Waals surface area contributed by atoms with Gasteiger partial charge in [0.15, 0.2) is 6.10 Å². The molecule has 132 valence electrons. The summed E-state index contributed by atoms with van der Waals surface area (Å²) in [5.41, 5.74) is 2.66. The number of aryl methyl sites for hydroxylation is 1. The second-order valence-corrected chi connectivity index (χ2v) is 7.48. The fourth-order valence-electron chi connectivity index (χ4n) is 3.10. The Labute approximate surface area is 154 Å². The lowest BCUT2D eigenvalue weighted by atomic mass is 9.91. The van der Waals surface area contributed by atoms with Crippen molar-refractivity contribution >= 4 is 17.7 Å². The maximum absolute atomic E-state index is 12.3. The van der Waals surface area contributed by atoms with Crippen LogP contribution < -0.4 is 10.1 Å². The largest absolute Gasteiger partial charge is 0.481 e. The van der Waals surface area contributed by atoms with Crippen molar-refractivity contribution in [3.63, 3.8) is 0 Å². The van der Waals surface area contributed by atoms with Gasteiger partial charge in [-0.15, -0.1) is 11.8 Å². The zero-order valence-corrected chi connectivity index (χ0v) is 15.5. The highest BCUT2D eigenvalue weighted by Crippen LogP contribution is 2.30. The second kappa shape index (κ2) is 8.95. The third-order valence-corrected chi connectivity index (χ3v) is 5.45. The van der Waals surface area contributed by atoms with E-state index in [2.05, 4.69) is 23.5 Å². The Morgan fingerprint density at radius 2 is 1.92 bits per heavy atom. The van der Waals surface area contributed by atoms with Gasteiger partial charge in [-0.2, -0.15) is 0 Å². The van der Waals surface area contributed by atoms with Crippen molar-refractivity contribution in [2.24, 2.45) is 0 Å². The Balaban J connectivity index is 1.46. The summed E-state index contributed by atoms with van der Waals surface area (Å²) in [6.45, 7) is 2.46. The molecule has 0 heterocycles. The van der Waals surface area contributed by atoms with E-state index in [9.17, 15) is 4.79 Å². The van der Waals surface area contributed by atoms with E-state index in [-0.39, 0.29) is 5.91 Å². The van der Waals surface area contributed by atoms with Gasteiger partial charge in [-0.05, 0) is 61.9 Å². The summed E-state index contributed by atoms with van der Waals surface area (Å²) in [7, 11) is 0. The summed E-state index contributed by atoms with van der Waals surface area (Å²) in [6, 6.07) is 16.4. The molecule has 2 aromatic carbocycles. The number of nitrogens with one attached hydrogen (secondary N) is 1. The highest BCUT2D eigenvalue weighted by Gasteiger charge is 2.19. The van der Waals surface area contributed by atoms with E-state index >= 15 is 0 Å². The fourth-order valence-corrected chi connectivity index (χ4v) is 3.89. The predicted molar refractivity (Wildman–Crippen MR) is 103 cm³/mol. The molecule has 0 unspecified atom stereocenters. The number of thioether (sulfide) groups is 1. The Morgan fingerprint density at radius 1 is 1.12 bits per heavy atom. The number of rotatable bonds is 7. The minimum absolute atomic E-state index is 0.0536. The normalized spacial score (nSPS) is 14.4. The van der Waals surface area contributed by atoms with E-state index < -0.39 is 6.10 Å². The van der Waals surface area contributed by atoms with Crippen LogP contribution >= 0.6 is 11.8 Å². The summed E-state index contributed by atoms with van der Waals surface area (Å²) in [4.78, 5) is 13.5. The van der Waals surface area contributed by atoms with Gasteiger partial charge in [-0.3, -0.25) is 4.79 Å². The molecule has 0 fully saturated rings. The average molecular weight is 356 g/mol. The van der Waals surface area contributed by atoms with E-state index in [4.69, 9.17) is 4.74 Å². The molecule has 0 spiro atoms. The van der Waals surface area contributed by atoms with E-state index in [0.29, 0.717) is 6.54 Å². The highest BCUT2D eigenvalue weighted by molar-refractivity contribution is 7.99. The molecule has 25 heavy (non-hydrogen) atoms. The molecule has 0 aromatic heterocycles. The third kappa shape index (κ3) is 5.02. The molecule has 0 saturated carbocycles. The quantitative estimate of drug-likeness (QED) is 0.596. The van der Waals surface area contributed by atoms with Gasteiger partial charge in [-0.25, -0.2) is 0 Å². The van der Waals surface area contributed by atoms with Gasteiger partial charge >= 0.3 is 0 Å². The molecule has 1 atom stereocenters. The first kappa shape index (κ1) is 17.9. The molecule has 1 aliphatic carbocycles. The van der Waals surface area contributed by atoms with Crippen molar-refractivity contribution in [1.82, 2.24) is 5.32 Å². The molecule has 3 nitrogen and oxygen atoms in total. The molecule has 4 heteroatoms. The van der Waals surface area contributed by atoms with Gasteiger partial charge in [0.1, 0.15) is 5.75 Å². The molecule has 0 bridgehead atoms. The second-order valence-electron chi connectivity index (χ2n) is 6.31. The van der Waals surface area contributed by atoms with Gasteiger partial charge in [0, 0.05) is 17.2 Å².